The van der Waals surface area contributed by atoms with E-state index in [0.717, 1.165) is 38.5 Å². The Morgan fingerprint density at radius 1 is 0.465 bits per heavy atom. The fourth-order valence-electron chi connectivity index (χ4n) is 9.81. The van der Waals surface area contributed by atoms with E-state index in [4.69, 9.17) is 9.05 Å². The van der Waals surface area contributed by atoms with Crippen LogP contribution in [0.5, 0.6) is 0 Å². The molecular formula is C62H126N2O6P+. The normalized spacial score (nSPS) is 13.8. The van der Waals surface area contributed by atoms with Gasteiger partial charge in [-0.25, -0.2) is 4.57 Å². The van der Waals surface area contributed by atoms with E-state index in [-0.39, 0.29) is 19.1 Å². The summed E-state index contributed by atoms with van der Waals surface area (Å²) in [5.74, 6) is -0.139. The van der Waals surface area contributed by atoms with E-state index >= 15 is 0 Å². The Labute approximate surface area is 443 Å². The minimum absolute atomic E-state index is 0.0772. The second-order valence-corrected chi connectivity index (χ2v) is 24.6. The van der Waals surface area contributed by atoms with Gasteiger partial charge in [0.25, 0.3) is 0 Å². The number of phosphoric ester groups is 1. The summed E-state index contributed by atoms with van der Waals surface area (Å²) in [6.45, 7) is 4.95. The number of likely N-dealkylation sites (N-methyl/N-ethyl adjacent to an activating group) is 1. The monoisotopic (exact) mass is 1030 g/mol. The highest BCUT2D eigenvalue weighted by atomic mass is 31.2. The Hall–Kier alpha value is -0.760. The SMILES string of the molecule is CCCCCCCCCCCCCC/C=C\CCCCCCCCCCCCC(=O)NC(COP(=O)(O)OCC[N+](C)(C)C)C(O)CCCCCCCCCCCCCCCCCCCCCCCCC. The van der Waals surface area contributed by atoms with Crippen molar-refractivity contribution in [1.29, 1.82) is 0 Å². The zero-order chi connectivity index (χ0) is 52.0. The molecular weight excluding hydrogens is 900 g/mol. The van der Waals surface area contributed by atoms with Gasteiger partial charge in [-0.1, -0.05) is 296 Å². The standard InChI is InChI=1S/C62H125N2O6P/c1-6-8-10-12-14-16-18-20-22-24-26-28-30-31-32-34-36-38-40-42-44-46-48-50-52-54-56-62(66)63-60(59-70-71(67,68)69-58-57-64(3,4)5)61(65)55-53-51-49-47-45-43-41-39-37-35-33-29-27-25-23-21-19-17-15-13-11-9-7-2/h31-32,60-61,65H,6-30,33-59H2,1-5H3,(H-,63,66,67,68)/p+1/b32-31-. The van der Waals surface area contributed by atoms with E-state index in [9.17, 15) is 19.4 Å². The first-order valence-electron chi connectivity index (χ1n) is 31.6. The summed E-state index contributed by atoms with van der Waals surface area (Å²) in [5, 5.41) is 14.1. The second kappa shape index (κ2) is 54.0. The van der Waals surface area contributed by atoms with Gasteiger partial charge in [-0.3, -0.25) is 13.8 Å². The van der Waals surface area contributed by atoms with E-state index in [0.29, 0.717) is 23.9 Å². The van der Waals surface area contributed by atoms with Crippen LogP contribution in [-0.2, 0) is 18.4 Å². The largest absolute Gasteiger partial charge is 0.472 e. The summed E-state index contributed by atoms with van der Waals surface area (Å²) in [7, 11) is 1.63. The highest BCUT2D eigenvalue weighted by Gasteiger charge is 2.28. The zero-order valence-corrected chi connectivity index (χ0v) is 49.4. The number of unbranched alkanes of at least 4 members (excludes halogenated alkanes) is 44. The lowest BCUT2D eigenvalue weighted by Gasteiger charge is -2.26. The van der Waals surface area contributed by atoms with Crippen molar-refractivity contribution < 1.29 is 32.9 Å². The number of carbonyl (C=O) groups excluding carboxylic acids is 1. The molecule has 0 aliphatic rings. The van der Waals surface area contributed by atoms with E-state index in [1.807, 2.05) is 21.1 Å². The van der Waals surface area contributed by atoms with E-state index in [2.05, 4.69) is 31.3 Å². The Morgan fingerprint density at radius 3 is 1.08 bits per heavy atom. The van der Waals surface area contributed by atoms with Crippen molar-refractivity contribution in [3.63, 3.8) is 0 Å². The third-order valence-electron chi connectivity index (χ3n) is 14.8. The molecule has 3 atom stereocenters. The van der Waals surface area contributed by atoms with Gasteiger partial charge in [0, 0.05) is 6.42 Å². The quantitative estimate of drug-likeness (QED) is 0.0243. The highest BCUT2D eigenvalue weighted by molar-refractivity contribution is 7.47. The number of nitrogens with zero attached hydrogens (tertiary/aromatic N) is 1. The minimum atomic E-state index is -4.32. The Kier molecular flexibility index (Phi) is 53.5. The predicted molar refractivity (Wildman–Crippen MR) is 309 cm³/mol. The first-order chi connectivity index (χ1) is 34.5. The summed E-state index contributed by atoms with van der Waals surface area (Å²) in [4.78, 5) is 23.4. The molecule has 0 aromatic rings. The summed E-state index contributed by atoms with van der Waals surface area (Å²) in [6.07, 6.45) is 67.1. The number of aliphatic hydroxyl groups is 1. The average molecular weight is 1030 g/mol. The maximum absolute atomic E-state index is 13.0. The molecule has 3 unspecified atom stereocenters. The van der Waals surface area contributed by atoms with Crippen LogP contribution in [0.1, 0.15) is 328 Å². The first-order valence-corrected chi connectivity index (χ1v) is 33.0. The van der Waals surface area contributed by atoms with E-state index in [1.165, 1.54) is 263 Å². The Bertz CT molecular complexity index is 1160. The smallest absolute Gasteiger partial charge is 0.391 e. The van der Waals surface area contributed by atoms with Crippen molar-refractivity contribution in [3.05, 3.63) is 12.2 Å². The molecule has 0 aliphatic heterocycles. The van der Waals surface area contributed by atoms with Crippen LogP contribution < -0.4 is 5.32 Å². The molecule has 0 saturated carbocycles. The molecule has 3 N–H and O–H groups in total. The topological polar surface area (TPSA) is 105 Å². The zero-order valence-electron chi connectivity index (χ0n) is 48.5. The van der Waals surface area contributed by atoms with Gasteiger partial charge in [-0.15, -0.1) is 0 Å². The molecule has 0 aromatic heterocycles. The molecule has 1 amide bonds. The van der Waals surface area contributed by atoms with Gasteiger partial charge in [0.1, 0.15) is 13.2 Å². The summed E-state index contributed by atoms with van der Waals surface area (Å²) < 4.78 is 23.8. The molecule has 0 heterocycles. The van der Waals surface area contributed by atoms with Gasteiger partial charge in [-0.05, 0) is 38.5 Å². The number of phosphoric acid groups is 1. The number of carbonyl (C=O) groups is 1. The molecule has 0 bridgehead atoms. The lowest BCUT2D eigenvalue weighted by molar-refractivity contribution is -0.870. The highest BCUT2D eigenvalue weighted by Crippen LogP contribution is 2.43. The number of quaternary nitrogens is 1. The average Bonchev–Trinajstić information content (AvgIpc) is 3.33. The number of hydrogen-bond acceptors (Lipinski definition) is 5. The van der Waals surface area contributed by atoms with Crippen LogP contribution in [0.25, 0.3) is 0 Å². The second-order valence-electron chi connectivity index (χ2n) is 23.1. The Balaban J connectivity index is 4.09. The minimum Gasteiger partial charge on any atom is -0.391 e. The van der Waals surface area contributed by atoms with Crippen LogP contribution in [0.15, 0.2) is 12.2 Å². The van der Waals surface area contributed by atoms with E-state index < -0.39 is 20.0 Å². The molecule has 424 valence electrons. The van der Waals surface area contributed by atoms with Gasteiger partial charge in [0.05, 0.1) is 39.9 Å². The van der Waals surface area contributed by atoms with Gasteiger partial charge in [0.2, 0.25) is 5.91 Å². The molecule has 71 heavy (non-hydrogen) atoms. The molecule has 0 radical (unpaired) electrons. The maximum Gasteiger partial charge on any atom is 0.472 e. The van der Waals surface area contributed by atoms with Gasteiger partial charge < -0.3 is 19.8 Å². The fraction of sp³-hybridized carbons (Fsp3) is 0.952. The van der Waals surface area contributed by atoms with E-state index in [1.54, 1.807) is 0 Å². The summed E-state index contributed by atoms with van der Waals surface area (Å²) in [5.41, 5.74) is 0. The number of allylic oxidation sites excluding steroid dienone is 2. The van der Waals surface area contributed by atoms with Crippen molar-refractivity contribution in [2.75, 3.05) is 40.9 Å². The number of aliphatic hydroxyl groups excluding tert-OH is 1. The number of hydrogen-bond donors (Lipinski definition) is 3. The fourth-order valence-corrected chi connectivity index (χ4v) is 10.5. The molecule has 0 aromatic carbocycles. The van der Waals surface area contributed by atoms with Crippen LogP contribution in [0.3, 0.4) is 0 Å². The van der Waals surface area contributed by atoms with Crippen LogP contribution in [-0.4, -0.2) is 73.4 Å². The maximum atomic E-state index is 13.0. The van der Waals surface area contributed by atoms with Crippen molar-refractivity contribution in [3.8, 4) is 0 Å². The summed E-state index contributed by atoms with van der Waals surface area (Å²) in [6, 6.07) is -0.759. The van der Waals surface area contributed by atoms with Gasteiger partial charge >= 0.3 is 7.82 Å². The van der Waals surface area contributed by atoms with Gasteiger partial charge in [-0.2, -0.15) is 0 Å². The Morgan fingerprint density at radius 2 is 0.761 bits per heavy atom. The van der Waals surface area contributed by atoms with Crippen molar-refractivity contribution in [2.45, 2.75) is 341 Å². The van der Waals surface area contributed by atoms with Gasteiger partial charge in [0.15, 0.2) is 0 Å². The number of nitrogens with one attached hydrogen (secondary N) is 1. The first kappa shape index (κ1) is 70.2. The van der Waals surface area contributed by atoms with Crippen molar-refractivity contribution in [1.82, 2.24) is 5.32 Å². The molecule has 8 nitrogen and oxygen atoms in total. The molecule has 0 fully saturated rings. The van der Waals surface area contributed by atoms with Crippen molar-refractivity contribution in [2.24, 2.45) is 0 Å². The molecule has 0 saturated heterocycles. The number of amides is 1. The van der Waals surface area contributed by atoms with Crippen LogP contribution in [0.4, 0.5) is 0 Å². The third-order valence-corrected chi connectivity index (χ3v) is 15.7. The van der Waals surface area contributed by atoms with Crippen molar-refractivity contribution >= 4 is 13.7 Å². The third kappa shape index (κ3) is 56.8. The molecule has 0 rings (SSSR count). The molecule has 0 aliphatic carbocycles. The van der Waals surface area contributed by atoms with Crippen LogP contribution >= 0.6 is 7.82 Å². The molecule has 9 heteroatoms. The lowest BCUT2D eigenvalue weighted by atomic mass is 10.0. The lowest BCUT2D eigenvalue weighted by Crippen LogP contribution is -2.46. The van der Waals surface area contributed by atoms with Crippen LogP contribution in [0, 0.1) is 0 Å². The molecule has 0 spiro atoms. The number of rotatable bonds is 59. The van der Waals surface area contributed by atoms with Crippen LogP contribution in [0.2, 0.25) is 0 Å². The summed E-state index contributed by atoms with van der Waals surface area (Å²) >= 11 is 0. The predicted octanol–water partition coefficient (Wildman–Crippen LogP) is 19.4.